The number of aliphatic hydroxyl groups is 1. The molecular formula is C8H17NO2. The van der Waals surface area contributed by atoms with E-state index < -0.39 is 6.41 Å². The molecule has 3 nitrogen and oxygen atoms in total. The molecule has 66 valence electrons. The average Bonchev–Trinajstić information content (AvgIpc) is 2.31. The molecule has 0 radical (unpaired) electrons. The van der Waals surface area contributed by atoms with Crippen LogP contribution in [0.1, 0.15) is 20.8 Å². The van der Waals surface area contributed by atoms with Crippen LogP contribution in [0, 0.1) is 5.92 Å². The fourth-order valence-corrected chi connectivity index (χ4v) is 1.26. The number of likely N-dealkylation sites (N-methyl/N-ethyl adjacent to an activating group) is 1. The summed E-state index contributed by atoms with van der Waals surface area (Å²) in [6.45, 7) is 7.95. The SMILES string of the molecule is CCN1C[C@@H](C(C)C)OC1O. The molecule has 1 aliphatic heterocycles. The van der Waals surface area contributed by atoms with E-state index in [1.165, 1.54) is 0 Å². The Bertz CT molecular complexity index is 127. The van der Waals surface area contributed by atoms with Crippen molar-refractivity contribution < 1.29 is 9.84 Å². The summed E-state index contributed by atoms with van der Waals surface area (Å²) in [4.78, 5) is 1.92. The Morgan fingerprint density at radius 2 is 2.27 bits per heavy atom. The second kappa shape index (κ2) is 3.52. The Morgan fingerprint density at radius 3 is 2.55 bits per heavy atom. The molecule has 2 atom stereocenters. The van der Waals surface area contributed by atoms with Gasteiger partial charge in [0.15, 0.2) is 0 Å². The maximum atomic E-state index is 9.31. The number of nitrogens with zero attached hydrogens (tertiary/aromatic N) is 1. The first-order valence-electron chi connectivity index (χ1n) is 4.22. The minimum Gasteiger partial charge on any atom is -0.356 e. The van der Waals surface area contributed by atoms with Gasteiger partial charge in [-0.05, 0) is 5.92 Å². The highest BCUT2D eigenvalue weighted by atomic mass is 16.6. The molecule has 0 aromatic carbocycles. The highest BCUT2D eigenvalue weighted by molar-refractivity contribution is 4.74. The number of ether oxygens (including phenoxy) is 1. The molecule has 0 aromatic rings. The van der Waals surface area contributed by atoms with Gasteiger partial charge in [-0.25, -0.2) is 0 Å². The molecular weight excluding hydrogens is 142 g/mol. The van der Waals surface area contributed by atoms with Crippen molar-refractivity contribution >= 4 is 0 Å². The molecule has 0 bridgehead atoms. The summed E-state index contributed by atoms with van der Waals surface area (Å²) in [5.74, 6) is 0.487. The normalized spacial score (nSPS) is 33.5. The van der Waals surface area contributed by atoms with Gasteiger partial charge >= 0.3 is 0 Å². The fraction of sp³-hybridized carbons (Fsp3) is 1.00. The van der Waals surface area contributed by atoms with Gasteiger partial charge in [0.05, 0.1) is 6.10 Å². The number of hydrogen-bond donors (Lipinski definition) is 1. The molecule has 0 aliphatic carbocycles. The predicted octanol–water partition coefficient (Wildman–Crippen LogP) is 0.639. The van der Waals surface area contributed by atoms with E-state index in [-0.39, 0.29) is 6.10 Å². The van der Waals surface area contributed by atoms with Crippen LogP contribution in [0.15, 0.2) is 0 Å². The van der Waals surface area contributed by atoms with Crippen LogP contribution in [0.25, 0.3) is 0 Å². The summed E-state index contributed by atoms with van der Waals surface area (Å²) in [6.07, 6.45) is -0.475. The van der Waals surface area contributed by atoms with Crippen LogP contribution in [0.4, 0.5) is 0 Å². The average molecular weight is 159 g/mol. The Balaban J connectivity index is 2.43. The first kappa shape index (κ1) is 8.97. The lowest BCUT2D eigenvalue weighted by atomic mass is 10.1. The van der Waals surface area contributed by atoms with E-state index in [0.717, 1.165) is 13.1 Å². The van der Waals surface area contributed by atoms with E-state index in [1.54, 1.807) is 0 Å². The monoisotopic (exact) mass is 159 g/mol. The number of aliphatic hydroxyl groups excluding tert-OH is 1. The lowest BCUT2D eigenvalue weighted by molar-refractivity contribution is -0.153. The zero-order valence-electron chi connectivity index (χ0n) is 7.45. The van der Waals surface area contributed by atoms with Gasteiger partial charge in [0.2, 0.25) is 6.41 Å². The van der Waals surface area contributed by atoms with E-state index >= 15 is 0 Å². The molecule has 0 spiro atoms. The third kappa shape index (κ3) is 1.92. The summed E-state index contributed by atoms with van der Waals surface area (Å²) in [6, 6.07) is 0. The van der Waals surface area contributed by atoms with Gasteiger partial charge in [-0.2, -0.15) is 0 Å². The molecule has 3 heteroatoms. The second-order valence-electron chi connectivity index (χ2n) is 3.33. The Kier molecular flexibility index (Phi) is 2.87. The van der Waals surface area contributed by atoms with Gasteiger partial charge in [0, 0.05) is 13.1 Å². The van der Waals surface area contributed by atoms with Gasteiger partial charge < -0.3 is 9.84 Å². The zero-order valence-corrected chi connectivity index (χ0v) is 7.45. The third-order valence-electron chi connectivity index (χ3n) is 2.17. The summed E-state index contributed by atoms with van der Waals surface area (Å²) in [5.41, 5.74) is 0. The predicted molar refractivity (Wildman–Crippen MR) is 43.0 cm³/mol. The molecule has 11 heavy (non-hydrogen) atoms. The third-order valence-corrected chi connectivity index (χ3v) is 2.17. The number of hydrogen-bond acceptors (Lipinski definition) is 3. The quantitative estimate of drug-likeness (QED) is 0.641. The Morgan fingerprint density at radius 1 is 1.64 bits per heavy atom. The van der Waals surface area contributed by atoms with Crippen molar-refractivity contribution in [1.82, 2.24) is 4.90 Å². The van der Waals surface area contributed by atoms with Crippen molar-refractivity contribution in [3.05, 3.63) is 0 Å². The van der Waals surface area contributed by atoms with Crippen molar-refractivity contribution in [3.8, 4) is 0 Å². The lowest BCUT2D eigenvalue weighted by Gasteiger charge is -2.13. The fourth-order valence-electron chi connectivity index (χ4n) is 1.26. The van der Waals surface area contributed by atoms with Crippen LogP contribution in [0.2, 0.25) is 0 Å². The van der Waals surface area contributed by atoms with Crippen LogP contribution in [0.3, 0.4) is 0 Å². The summed E-state index contributed by atoms with van der Waals surface area (Å²) in [5, 5.41) is 9.31. The summed E-state index contributed by atoms with van der Waals surface area (Å²) in [7, 11) is 0. The first-order chi connectivity index (χ1) is 5.15. The molecule has 0 aromatic heterocycles. The molecule has 0 saturated carbocycles. The standard InChI is InChI=1S/C8H17NO2/c1-4-9-5-7(6(2)3)11-8(9)10/h6-8,10H,4-5H2,1-3H3/t7-,8?/m0/s1. The highest BCUT2D eigenvalue weighted by Crippen LogP contribution is 2.19. The van der Waals surface area contributed by atoms with E-state index in [2.05, 4.69) is 13.8 Å². The summed E-state index contributed by atoms with van der Waals surface area (Å²) < 4.78 is 5.31. The highest BCUT2D eigenvalue weighted by Gasteiger charge is 2.31. The van der Waals surface area contributed by atoms with Gasteiger partial charge in [0.1, 0.15) is 0 Å². The largest absolute Gasteiger partial charge is 0.356 e. The molecule has 1 N–H and O–H groups in total. The Labute approximate surface area is 68.0 Å². The molecule has 1 saturated heterocycles. The van der Waals surface area contributed by atoms with Crippen molar-refractivity contribution in [3.63, 3.8) is 0 Å². The van der Waals surface area contributed by atoms with Gasteiger partial charge in [0.25, 0.3) is 0 Å². The van der Waals surface area contributed by atoms with Gasteiger partial charge in [-0.3, -0.25) is 4.90 Å². The molecule has 1 heterocycles. The van der Waals surface area contributed by atoms with Crippen LogP contribution in [-0.2, 0) is 4.74 Å². The number of rotatable bonds is 2. The van der Waals surface area contributed by atoms with Crippen LogP contribution in [-0.4, -0.2) is 35.6 Å². The van der Waals surface area contributed by atoms with Crippen LogP contribution < -0.4 is 0 Å². The lowest BCUT2D eigenvalue weighted by Crippen LogP contribution is -2.29. The first-order valence-corrected chi connectivity index (χ1v) is 4.22. The maximum absolute atomic E-state index is 9.31. The topological polar surface area (TPSA) is 32.7 Å². The maximum Gasteiger partial charge on any atom is 0.216 e. The van der Waals surface area contributed by atoms with Crippen molar-refractivity contribution in [2.24, 2.45) is 5.92 Å². The van der Waals surface area contributed by atoms with E-state index in [9.17, 15) is 5.11 Å². The van der Waals surface area contributed by atoms with Crippen LogP contribution >= 0.6 is 0 Å². The minimum atomic E-state index is -0.674. The van der Waals surface area contributed by atoms with Gasteiger partial charge in [-0.15, -0.1) is 0 Å². The van der Waals surface area contributed by atoms with E-state index in [4.69, 9.17) is 4.74 Å². The van der Waals surface area contributed by atoms with Gasteiger partial charge in [-0.1, -0.05) is 20.8 Å². The van der Waals surface area contributed by atoms with Crippen molar-refractivity contribution in [1.29, 1.82) is 0 Å². The zero-order chi connectivity index (χ0) is 8.43. The smallest absolute Gasteiger partial charge is 0.216 e. The molecule has 1 aliphatic rings. The second-order valence-corrected chi connectivity index (χ2v) is 3.33. The Hall–Kier alpha value is -0.120. The van der Waals surface area contributed by atoms with Crippen LogP contribution in [0.5, 0.6) is 0 Å². The molecule has 1 rings (SSSR count). The minimum absolute atomic E-state index is 0.199. The van der Waals surface area contributed by atoms with E-state index in [1.807, 2.05) is 11.8 Å². The summed E-state index contributed by atoms with van der Waals surface area (Å²) >= 11 is 0. The van der Waals surface area contributed by atoms with E-state index in [0.29, 0.717) is 5.92 Å². The molecule has 0 amide bonds. The molecule has 1 fully saturated rings. The van der Waals surface area contributed by atoms with Crippen molar-refractivity contribution in [2.45, 2.75) is 33.3 Å². The molecule has 1 unspecified atom stereocenters. The van der Waals surface area contributed by atoms with Crippen molar-refractivity contribution in [2.75, 3.05) is 13.1 Å².